The normalized spacial score (nSPS) is 12.6. The van der Waals surface area contributed by atoms with Crippen molar-refractivity contribution >= 4 is 5.96 Å². The number of ether oxygens (including phenoxy) is 1. The summed E-state index contributed by atoms with van der Waals surface area (Å²) in [5.41, 5.74) is 2.43. The molecule has 0 spiro atoms. The fourth-order valence-corrected chi connectivity index (χ4v) is 2.45. The van der Waals surface area contributed by atoms with E-state index in [0.29, 0.717) is 0 Å². The van der Waals surface area contributed by atoms with Crippen molar-refractivity contribution in [1.29, 1.82) is 0 Å². The predicted molar refractivity (Wildman–Crippen MR) is 96.1 cm³/mol. The van der Waals surface area contributed by atoms with E-state index in [1.54, 1.807) is 14.2 Å². The fraction of sp³-hybridized carbons (Fsp3) is 0.316. The largest absolute Gasteiger partial charge is 0.496 e. The maximum absolute atomic E-state index is 5.38. The molecule has 0 aliphatic heterocycles. The van der Waals surface area contributed by atoms with Crippen LogP contribution < -0.4 is 15.4 Å². The third-order valence-corrected chi connectivity index (χ3v) is 3.76. The van der Waals surface area contributed by atoms with Crippen LogP contribution in [0.3, 0.4) is 0 Å². The number of rotatable bonds is 6. The van der Waals surface area contributed by atoms with Gasteiger partial charge >= 0.3 is 0 Å². The van der Waals surface area contributed by atoms with Gasteiger partial charge in [0.05, 0.1) is 13.2 Å². The summed E-state index contributed by atoms with van der Waals surface area (Å²) in [4.78, 5) is 4.29. The third kappa shape index (κ3) is 5.02. The van der Waals surface area contributed by atoms with Gasteiger partial charge in [-0.2, -0.15) is 0 Å². The van der Waals surface area contributed by atoms with Gasteiger partial charge in [0.15, 0.2) is 5.96 Å². The van der Waals surface area contributed by atoms with Crippen LogP contribution in [0, 0.1) is 0 Å². The van der Waals surface area contributed by atoms with Gasteiger partial charge in [-0.05, 0) is 30.5 Å². The molecular weight excluding hydrogens is 286 g/mol. The molecule has 0 fully saturated rings. The number of para-hydroxylation sites is 1. The molecule has 0 aliphatic carbocycles. The molecule has 0 amide bonds. The Morgan fingerprint density at radius 2 is 1.78 bits per heavy atom. The van der Waals surface area contributed by atoms with Crippen molar-refractivity contribution in [2.24, 2.45) is 4.99 Å². The highest BCUT2D eigenvalue weighted by Crippen LogP contribution is 2.17. The van der Waals surface area contributed by atoms with Crippen LogP contribution in [-0.2, 0) is 6.42 Å². The predicted octanol–water partition coefficient (Wildman–Crippen LogP) is 3.16. The van der Waals surface area contributed by atoms with Crippen LogP contribution in [0.2, 0.25) is 0 Å². The van der Waals surface area contributed by atoms with E-state index in [-0.39, 0.29) is 6.04 Å². The molecule has 0 aliphatic rings. The van der Waals surface area contributed by atoms with E-state index in [9.17, 15) is 0 Å². The molecule has 2 aromatic carbocycles. The zero-order valence-corrected chi connectivity index (χ0v) is 14.0. The van der Waals surface area contributed by atoms with Crippen molar-refractivity contribution in [3.05, 3.63) is 65.7 Å². The van der Waals surface area contributed by atoms with Crippen LogP contribution in [0.25, 0.3) is 0 Å². The maximum atomic E-state index is 5.38. The summed E-state index contributed by atoms with van der Waals surface area (Å²) in [6.45, 7) is 2.92. The summed E-state index contributed by atoms with van der Waals surface area (Å²) in [7, 11) is 3.49. The van der Waals surface area contributed by atoms with E-state index >= 15 is 0 Å². The second kappa shape index (κ2) is 8.83. The molecule has 0 saturated heterocycles. The number of nitrogens with one attached hydrogen (secondary N) is 2. The second-order valence-corrected chi connectivity index (χ2v) is 5.34. The summed E-state index contributed by atoms with van der Waals surface area (Å²) in [5.74, 6) is 1.73. The van der Waals surface area contributed by atoms with E-state index in [1.807, 2.05) is 36.4 Å². The molecule has 0 bridgehead atoms. The summed E-state index contributed by atoms with van der Waals surface area (Å²) in [5, 5.41) is 6.76. The molecule has 1 atom stereocenters. The summed E-state index contributed by atoms with van der Waals surface area (Å²) in [6.07, 6.45) is 0.879. The molecule has 0 heterocycles. The first-order valence-electron chi connectivity index (χ1n) is 7.88. The average Bonchev–Trinajstić information content (AvgIpc) is 2.61. The van der Waals surface area contributed by atoms with Crippen LogP contribution in [0.1, 0.15) is 24.1 Å². The van der Waals surface area contributed by atoms with Gasteiger partial charge in [-0.3, -0.25) is 4.99 Å². The molecule has 1 unspecified atom stereocenters. The minimum absolute atomic E-state index is 0.202. The number of nitrogens with zero attached hydrogens (tertiary/aromatic N) is 1. The van der Waals surface area contributed by atoms with Gasteiger partial charge in [0.2, 0.25) is 0 Å². The Morgan fingerprint density at radius 3 is 2.48 bits per heavy atom. The highest BCUT2D eigenvalue weighted by molar-refractivity contribution is 5.80. The van der Waals surface area contributed by atoms with E-state index in [2.05, 4.69) is 40.7 Å². The number of hydrogen-bond acceptors (Lipinski definition) is 2. The molecule has 2 rings (SSSR count). The first-order valence-corrected chi connectivity index (χ1v) is 7.88. The van der Waals surface area contributed by atoms with E-state index in [0.717, 1.165) is 24.7 Å². The average molecular weight is 311 g/mol. The second-order valence-electron chi connectivity index (χ2n) is 5.34. The van der Waals surface area contributed by atoms with Gasteiger partial charge in [-0.15, -0.1) is 0 Å². The topological polar surface area (TPSA) is 45.7 Å². The lowest BCUT2D eigenvalue weighted by atomic mass is 10.1. The summed E-state index contributed by atoms with van der Waals surface area (Å²) >= 11 is 0. The monoisotopic (exact) mass is 311 g/mol. The van der Waals surface area contributed by atoms with E-state index in [1.165, 1.54) is 11.1 Å². The van der Waals surface area contributed by atoms with Crippen LogP contribution in [-0.4, -0.2) is 26.7 Å². The van der Waals surface area contributed by atoms with Crippen molar-refractivity contribution < 1.29 is 4.74 Å². The van der Waals surface area contributed by atoms with Crippen LogP contribution >= 0.6 is 0 Å². The molecule has 4 nitrogen and oxygen atoms in total. The lowest BCUT2D eigenvalue weighted by molar-refractivity contribution is 0.409. The molecule has 0 saturated carbocycles. The SMILES string of the molecule is CN=C(NCCc1ccccc1OC)NC(C)c1ccccc1. The van der Waals surface area contributed by atoms with Crippen molar-refractivity contribution in [2.75, 3.05) is 20.7 Å². The molecule has 23 heavy (non-hydrogen) atoms. The van der Waals surface area contributed by atoms with Gasteiger partial charge in [0.1, 0.15) is 5.75 Å². The number of hydrogen-bond donors (Lipinski definition) is 2. The highest BCUT2D eigenvalue weighted by atomic mass is 16.5. The van der Waals surface area contributed by atoms with Gasteiger partial charge in [0, 0.05) is 13.6 Å². The van der Waals surface area contributed by atoms with Crippen LogP contribution in [0.5, 0.6) is 5.75 Å². The molecular formula is C19H25N3O. The first kappa shape index (κ1) is 16.9. The Balaban J connectivity index is 1.86. The number of benzene rings is 2. The Hall–Kier alpha value is -2.49. The fourth-order valence-electron chi connectivity index (χ4n) is 2.45. The Morgan fingerprint density at radius 1 is 1.09 bits per heavy atom. The standard InChI is InChI=1S/C19H25N3O/c1-15(16-9-5-4-6-10-16)22-19(20-2)21-14-13-17-11-7-8-12-18(17)23-3/h4-12,15H,13-14H2,1-3H3,(H2,20,21,22). The summed E-state index contributed by atoms with van der Waals surface area (Å²) in [6, 6.07) is 18.6. The Kier molecular flexibility index (Phi) is 6.48. The molecule has 122 valence electrons. The molecule has 2 aromatic rings. The van der Waals surface area contributed by atoms with E-state index in [4.69, 9.17) is 4.74 Å². The molecule has 4 heteroatoms. The van der Waals surface area contributed by atoms with Crippen molar-refractivity contribution in [2.45, 2.75) is 19.4 Å². The molecule has 0 radical (unpaired) electrons. The van der Waals surface area contributed by atoms with Crippen LogP contribution in [0.4, 0.5) is 0 Å². The lowest BCUT2D eigenvalue weighted by Gasteiger charge is -2.18. The molecule has 0 aromatic heterocycles. The van der Waals surface area contributed by atoms with Crippen molar-refractivity contribution in [3.63, 3.8) is 0 Å². The van der Waals surface area contributed by atoms with Gasteiger partial charge < -0.3 is 15.4 Å². The molecule has 2 N–H and O–H groups in total. The van der Waals surface area contributed by atoms with Crippen molar-refractivity contribution in [1.82, 2.24) is 10.6 Å². The van der Waals surface area contributed by atoms with Gasteiger partial charge in [-0.1, -0.05) is 48.5 Å². The zero-order valence-electron chi connectivity index (χ0n) is 14.0. The number of methoxy groups -OCH3 is 1. The van der Waals surface area contributed by atoms with Gasteiger partial charge in [0.25, 0.3) is 0 Å². The first-order chi connectivity index (χ1) is 11.2. The highest BCUT2D eigenvalue weighted by Gasteiger charge is 2.07. The van der Waals surface area contributed by atoms with Crippen LogP contribution in [0.15, 0.2) is 59.6 Å². The lowest BCUT2D eigenvalue weighted by Crippen LogP contribution is -2.39. The quantitative estimate of drug-likeness (QED) is 0.636. The third-order valence-electron chi connectivity index (χ3n) is 3.76. The van der Waals surface area contributed by atoms with E-state index < -0.39 is 0 Å². The maximum Gasteiger partial charge on any atom is 0.191 e. The number of guanidine groups is 1. The zero-order chi connectivity index (χ0) is 16.5. The smallest absolute Gasteiger partial charge is 0.191 e. The Bertz CT molecular complexity index is 626. The minimum Gasteiger partial charge on any atom is -0.496 e. The number of aliphatic imine (C=N–C) groups is 1. The van der Waals surface area contributed by atoms with Crippen molar-refractivity contribution in [3.8, 4) is 5.75 Å². The summed E-state index contributed by atoms with van der Waals surface area (Å²) < 4.78 is 5.38. The minimum atomic E-state index is 0.202. The Labute approximate surface area is 138 Å². The van der Waals surface area contributed by atoms with Gasteiger partial charge in [-0.25, -0.2) is 0 Å².